The van der Waals surface area contributed by atoms with Crippen molar-refractivity contribution in [3.63, 3.8) is 0 Å². The molecule has 1 heterocycles. The second kappa shape index (κ2) is 6.32. The Hall–Kier alpha value is -2.49. The highest BCUT2D eigenvalue weighted by Crippen LogP contribution is 2.21. The Labute approximate surface area is 137 Å². The molecule has 0 spiro atoms. The third-order valence-corrected chi connectivity index (χ3v) is 4.39. The highest BCUT2D eigenvalue weighted by Gasteiger charge is 2.22. The lowest BCUT2D eigenvalue weighted by molar-refractivity contribution is 0.0746. The van der Waals surface area contributed by atoms with Crippen LogP contribution in [0.2, 0.25) is 0 Å². The zero-order valence-electron chi connectivity index (χ0n) is 13.6. The molecular weight excluding hydrogens is 288 g/mol. The van der Waals surface area contributed by atoms with Crippen molar-refractivity contribution in [2.24, 2.45) is 0 Å². The SMILES string of the molecule is Cc1cccc(N2CCN(C(=O)c3ccc(C)c(O)c3)CC2)c1. The maximum atomic E-state index is 12.6. The van der Waals surface area contributed by atoms with E-state index < -0.39 is 0 Å². The Morgan fingerprint density at radius 2 is 1.74 bits per heavy atom. The number of phenolic OH excluding ortho intramolecular Hbond substituents is 1. The van der Waals surface area contributed by atoms with Gasteiger partial charge in [0.1, 0.15) is 5.75 Å². The number of anilines is 1. The number of carbonyl (C=O) groups is 1. The van der Waals surface area contributed by atoms with Crippen molar-refractivity contribution >= 4 is 11.6 Å². The van der Waals surface area contributed by atoms with Gasteiger partial charge in [-0.15, -0.1) is 0 Å². The molecule has 0 bridgehead atoms. The summed E-state index contributed by atoms with van der Waals surface area (Å²) >= 11 is 0. The lowest BCUT2D eigenvalue weighted by Crippen LogP contribution is -2.48. The van der Waals surface area contributed by atoms with Gasteiger partial charge in [0.25, 0.3) is 5.91 Å². The summed E-state index contributed by atoms with van der Waals surface area (Å²) in [5.74, 6) is 0.165. The number of phenols is 1. The minimum absolute atomic E-state index is 0.0100. The molecule has 3 rings (SSSR count). The molecule has 1 saturated heterocycles. The zero-order valence-corrected chi connectivity index (χ0v) is 13.6. The number of nitrogens with zero attached hydrogens (tertiary/aromatic N) is 2. The number of amides is 1. The van der Waals surface area contributed by atoms with Crippen molar-refractivity contribution in [3.05, 3.63) is 59.2 Å². The van der Waals surface area contributed by atoms with Gasteiger partial charge in [-0.2, -0.15) is 0 Å². The predicted octanol–water partition coefficient (Wildman–Crippen LogP) is 2.97. The highest BCUT2D eigenvalue weighted by atomic mass is 16.3. The second-order valence-electron chi connectivity index (χ2n) is 6.12. The first kappa shape index (κ1) is 15.4. The van der Waals surface area contributed by atoms with Crippen LogP contribution in [0.1, 0.15) is 21.5 Å². The summed E-state index contributed by atoms with van der Waals surface area (Å²) in [6.07, 6.45) is 0. The molecular formula is C19H22N2O2. The fraction of sp³-hybridized carbons (Fsp3) is 0.316. The maximum Gasteiger partial charge on any atom is 0.254 e. The Kier molecular flexibility index (Phi) is 4.24. The van der Waals surface area contributed by atoms with Crippen molar-refractivity contribution in [2.75, 3.05) is 31.1 Å². The Balaban J connectivity index is 1.66. The van der Waals surface area contributed by atoms with Gasteiger partial charge in [0, 0.05) is 37.4 Å². The van der Waals surface area contributed by atoms with E-state index in [1.807, 2.05) is 11.8 Å². The number of aromatic hydroxyl groups is 1. The summed E-state index contributed by atoms with van der Waals surface area (Å²) in [4.78, 5) is 16.7. The Morgan fingerprint density at radius 3 is 2.39 bits per heavy atom. The second-order valence-corrected chi connectivity index (χ2v) is 6.12. The molecule has 4 heteroatoms. The van der Waals surface area contributed by atoms with E-state index in [0.717, 1.165) is 18.7 Å². The fourth-order valence-electron chi connectivity index (χ4n) is 2.92. The minimum Gasteiger partial charge on any atom is -0.508 e. The van der Waals surface area contributed by atoms with Gasteiger partial charge in [0.15, 0.2) is 0 Å². The average molecular weight is 310 g/mol. The van der Waals surface area contributed by atoms with Gasteiger partial charge in [0.2, 0.25) is 0 Å². The molecule has 0 aromatic heterocycles. The molecule has 1 amide bonds. The van der Waals surface area contributed by atoms with E-state index in [1.165, 1.54) is 11.3 Å². The molecule has 2 aromatic rings. The maximum absolute atomic E-state index is 12.6. The standard InChI is InChI=1S/C19H22N2O2/c1-14-4-3-5-17(12-14)20-8-10-21(11-9-20)19(23)16-7-6-15(2)18(22)13-16/h3-7,12-13,22H,8-11H2,1-2H3. The van der Waals surface area contributed by atoms with Crippen LogP contribution in [-0.4, -0.2) is 42.1 Å². The lowest BCUT2D eigenvalue weighted by atomic mass is 10.1. The van der Waals surface area contributed by atoms with E-state index in [9.17, 15) is 9.90 Å². The molecule has 0 aliphatic carbocycles. The van der Waals surface area contributed by atoms with Crippen LogP contribution in [0.3, 0.4) is 0 Å². The molecule has 2 aromatic carbocycles. The van der Waals surface area contributed by atoms with E-state index in [0.29, 0.717) is 18.7 Å². The first-order valence-corrected chi connectivity index (χ1v) is 7.95. The summed E-state index contributed by atoms with van der Waals surface area (Å²) < 4.78 is 0. The lowest BCUT2D eigenvalue weighted by Gasteiger charge is -2.36. The van der Waals surface area contributed by atoms with E-state index >= 15 is 0 Å². The molecule has 1 N–H and O–H groups in total. The van der Waals surface area contributed by atoms with E-state index in [2.05, 4.69) is 36.1 Å². The Bertz CT molecular complexity index is 719. The number of aryl methyl sites for hydroxylation is 2. The van der Waals surface area contributed by atoms with Crippen LogP contribution in [0.5, 0.6) is 5.75 Å². The normalized spacial score (nSPS) is 14.9. The van der Waals surface area contributed by atoms with Gasteiger partial charge in [0.05, 0.1) is 0 Å². The van der Waals surface area contributed by atoms with E-state index in [4.69, 9.17) is 0 Å². The first-order chi connectivity index (χ1) is 11.0. The zero-order chi connectivity index (χ0) is 16.4. The smallest absolute Gasteiger partial charge is 0.254 e. The molecule has 1 aliphatic rings. The van der Waals surface area contributed by atoms with E-state index in [-0.39, 0.29) is 11.7 Å². The van der Waals surface area contributed by atoms with Crippen LogP contribution in [0.15, 0.2) is 42.5 Å². The van der Waals surface area contributed by atoms with Gasteiger partial charge in [-0.05, 0) is 49.2 Å². The van der Waals surface area contributed by atoms with Gasteiger partial charge in [-0.3, -0.25) is 4.79 Å². The van der Waals surface area contributed by atoms with Crippen molar-refractivity contribution < 1.29 is 9.90 Å². The van der Waals surface area contributed by atoms with Crippen molar-refractivity contribution in [1.29, 1.82) is 0 Å². The summed E-state index contributed by atoms with van der Waals surface area (Å²) in [6.45, 7) is 6.96. The molecule has 23 heavy (non-hydrogen) atoms. The molecule has 4 nitrogen and oxygen atoms in total. The van der Waals surface area contributed by atoms with Crippen molar-refractivity contribution in [2.45, 2.75) is 13.8 Å². The van der Waals surface area contributed by atoms with Crippen molar-refractivity contribution in [3.8, 4) is 5.75 Å². The summed E-state index contributed by atoms with van der Waals surface area (Å²) in [6, 6.07) is 13.6. The van der Waals surface area contributed by atoms with Crippen LogP contribution < -0.4 is 4.90 Å². The predicted molar refractivity (Wildman–Crippen MR) is 92.1 cm³/mol. The molecule has 0 radical (unpaired) electrons. The fourth-order valence-corrected chi connectivity index (χ4v) is 2.92. The highest BCUT2D eigenvalue weighted by molar-refractivity contribution is 5.94. The third-order valence-electron chi connectivity index (χ3n) is 4.39. The van der Waals surface area contributed by atoms with Gasteiger partial charge in [-0.25, -0.2) is 0 Å². The minimum atomic E-state index is -0.0100. The number of rotatable bonds is 2. The summed E-state index contributed by atoms with van der Waals surface area (Å²) in [5.41, 5.74) is 3.80. The third kappa shape index (κ3) is 3.31. The number of piperazine rings is 1. The summed E-state index contributed by atoms with van der Waals surface area (Å²) in [5, 5.41) is 9.79. The molecule has 0 atom stereocenters. The molecule has 0 saturated carbocycles. The average Bonchev–Trinajstić information content (AvgIpc) is 2.57. The number of benzene rings is 2. The number of hydrogen-bond acceptors (Lipinski definition) is 3. The quantitative estimate of drug-likeness (QED) is 0.927. The van der Waals surface area contributed by atoms with Gasteiger partial charge in [-0.1, -0.05) is 18.2 Å². The Morgan fingerprint density at radius 1 is 1.00 bits per heavy atom. The number of carbonyl (C=O) groups excluding carboxylic acids is 1. The molecule has 1 aliphatic heterocycles. The monoisotopic (exact) mass is 310 g/mol. The van der Waals surface area contributed by atoms with Crippen molar-refractivity contribution in [1.82, 2.24) is 4.90 Å². The van der Waals surface area contributed by atoms with Gasteiger partial charge >= 0.3 is 0 Å². The molecule has 0 unspecified atom stereocenters. The van der Waals surface area contributed by atoms with Crippen LogP contribution in [-0.2, 0) is 0 Å². The molecule has 1 fully saturated rings. The van der Waals surface area contributed by atoms with Crippen LogP contribution >= 0.6 is 0 Å². The van der Waals surface area contributed by atoms with Crippen LogP contribution in [0.4, 0.5) is 5.69 Å². The van der Waals surface area contributed by atoms with Gasteiger partial charge < -0.3 is 14.9 Å². The largest absolute Gasteiger partial charge is 0.508 e. The van der Waals surface area contributed by atoms with E-state index in [1.54, 1.807) is 18.2 Å². The number of hydrogen-bond donors (Lipinski definition) is 1. The first-order valence-electron chi connectivity index (χ1n) is 7.95. The summed E-state index contributed by atoms with van der Waals surface area (Å²) in [7, 11) is 0. The van der Waals surface area contributed by atoms with Crippen LogP contribution in [0, 0.1) is 13.8 Å². The molecule has 120 valence electrons. The topological polar surface area (TPSA) is 43.8 Å². The van der Waals surface area contributed by atoms with Crippen LogP contribution in [0.25, 0.3) is 0 Å².